The highest BCUT2D eigenvalue weighted by Crippen LogP contribution is 2.23. The van der Waals surface area contributed by atoms with E-state index in [0.717, 1.165) is 11.3 Å². The van der Waals surface area contributed by atoms with Crippen molar-refractivity contribution < 1.29 is 4.74 Å². The Hall–Kier alpha value is -2.54. The molecule has 0 atom stereocenters. The summed E-state index contributed by atoms with van der Waals surface area (Å²) in [5.41, 5.74) is 1.41. The van der Waals surface area contributed by atoms with Gasteiger partial charge < -0.3 is 9.30 Å². The Balaban J connectivity index is 2.59. The van der Waals surface area contributed by atoms with Crippen LogP contribution in [0.25, 0.3) is 11.1 Å². The van der Waals surface area contributed by atoms with Crippen LogP contribution in [0.3, 0.4) is 0 Å². The summed E-state index contributed by atoms with van der Waals surface area (Å²) in [4.78, 5) is 12.1. The van der Waals surface area contributed by atoms with E-state index in [9.17, 15) is 10.1 Å². The molecular formula is C15H14N2O2. The second-order valence-electron chi connectivity index (χ2n) is 4.04. The molecule has 0 aliphatic heterocycles. The molecule has 2 rings (SSSR count). The van der Waals surface area contributed by atoms with Crippen molar-refractivity contribution in [3.05, 3.63) is 52.4 Å². The Morgan fingerprint density at radius 3 is 2.47 bits per heavy atom. The molecule has 2 aromatic rings. The second kappa shape index (κ2) is 5.40. The van der Waals surface area contributed by atoms with Crippen molar-refractivity contribution in [3.63, 3.8) is 0 Å². The van der Waals surface area contributed by atoms with E-state index in [0.29, 0.717) is 12.1 Å². The zero-order chi connectivity index (χ0) is 13.8. The molecule has 0 aliphatic rings. The number of benzene rings is 1. The normalized spacial score (nSPS) is 9.95. The van der Waals surface area contributed by atoms with Crippen molar-refractivity contribution in [2.75, 3.05) is 7.11 Å². The van der Waals surface area contributed by atoms with Gasteiger partial charge in [-0.2, -0.15) is 5.26 Å². The average Bonchev–Trinajstić information content (AvgIpc) is 2.47. The standard InChI is InChI=1S/C15H14N2O2/c1-3-17-9-8-13(14(10-16)15(17)18)11-4-6-12(19-2)7-5-11/h4-9H,3H2,1-2H3. The fourth-order valence-corrected chi connectivity index (χ4v) is 1.94. The zero-order valence-corrected chi connectivity index (χ0v) is 10.9. The van der Waals surface area contributed by atoms with Crippen LogP contribution in [0.1, 0.15) is 12.5 Å². The van der Waals surface area contributed by atoms with Crippen LogP contribution in [0, 0.1) is 11.3 Å². The van der Waals surface area contributed by atoms with Gasteiger partial charge in [-0.3, -0.25) is 4.79 Å². The summed E-state index contributed by atoms with van der Waals surface area (Å²) in [6, 6.07) is 11.1. The molecule has 0 saturated carbocycles. The lowest BCUT2D eigenvalue weighted by molar-refractivity contribution is 0.415. The van der Waals surface area contributed by atoms with E-state index in [1.165, 1.54) is 4.57 Å². The third-order valence-corrected chi connectivity index (χ3v) is 3.02. The fourth-order valence-electron chi connectivity index (χ4n) is 1.94. The van der Waals surface area contributed by atoms with Gasteiger partial charge >= 0.3 is 0 Å². The summed E-state index contributed by atoms with van der Waals surface area (Å²) in [6.45, 7) is 2.42. The quantitative estimate of drug-likeness (QED) is 0.845. The first-order valence-corrected chi connectivity index (χ1v) is 5.99. The Kier molecular flexibility index (Phi) is 3.67. The molecule has 1 heterocycles. The van der Waals surface area contributed by atoms with Gasteiger partial charge in [0.05, 0.1) is 7.11 Å². The molecule has 0 N–H and O–H groups in total. The molecule has 0 unspecified atom stereocenters. The Labute approximate surface area is 111 Å². The van der Waals surface area contributed by atoms with Gasteiger partial charge in [-0.1, -0.05) is 12.1 Å². The predicted molar refractivity (Wildman–Crippen MR) is 73.1 cm³/mol. The van der Waals surface area contributed by atoms with Gasteiger partial charge in [0.15, 0.2) is 0 Å². The number of ether oxygens (including phenoxy) is 1. The van der Waals surface area contributed by atoms with Gasteiger partial charge in [-0.15, -0.1) is 0 Å². The average molecular weight is 254 g/mol. The van der Waals surface area contributed by atoms with Crippen LogP contribution < -0.4 is 10.3 Å². The van der Waals surface area contributed by atoms with E-state index >= 15 is 0 Å². The van der Waals surface area contributed by atoms with Crippen molar-refractivity contribution in [1.29, 1.82) is 5.26 Å². The molecule has 0 spiro atoms. The first-order valence-electron chi connectivity index (χ1n) is 5.99. The van der Waals surface area contributed by atoms with Gasteiger partial charge in [0.25, 0.3) is 5.56 Å². The lowest BCUT2D eigenvalue weighted by Crippen LogP contribution is -2.21. The van der Waals surface area contributed by atoms with E-state index in [1.54, 1.807) is 19.4 Å². The van der Waals surface area contributed by atoms with Crippen molar-refractivity contribution in [3.8, 4) is 22.9 Å². The number of nitrogens with zero attached hydrogens (tertiary/aromatic N) is 2. The van der Waals surface area contributed by atoms with E-state index < -0.39 is 0 Å². The maximum absolute atomic E-state index is 12.1. The Morgan fingerprint density at radius 1 is 1.26 bits per heavy atom. The minimum absolute atomic E-state index is 0.175. The summed E-state index contributed by atoms with van der Waals surface area (Å²) < 4.78 is 6.61. The first-order chi connectivity index (χ1) is 9.21. The number of aromatic nitrogens is 1. The highest BCUT2D eigenvalue weighted by Gasteiger charge is 2.10. The van der Waals surface area contributed by atoms with Crippen LogP contribution in [-0.2, 0) is 6.54 Å². The number of hydrogen-bond donors (Lipinski definition) is 0. The minimum atomic E-state index is -0.252. The van der Waals surface area contributed by atoms with Crippen molar-refractivity contribution in [2.24, 2.45) is 0 Å². The maximum atomic E-state index is 12.1. The summed E-state index contributed by atoms with van der Waals surface area (Å²) in [7, 11) is 1.60. The third-order valence-electron chi connectivity index (χ3n) is 3.02. The predicted octanol–water partition coefficient (Wildman–Crippen LogP) is 2.42. The smallest absolute Gasteiger partial charge is 0.269 e. The Morgan fingerprint density at radius 2 is 1.95 bits per heavy atom. The molecule has 0 aliphatic carbocycles. The molecular weight excluding hydrogens is 240 g/mol. The van der Waals surface area contributed by atoms with Crippen molar-refractivity contribution >= 4 is 0 Å². The largest absolute Gasteiger partial charge is 0.497 e. The molecule has 0 bridgehead atoms. The highest BCUT2D eigenvalue weighted by atomic mass is 16.5. The molecule has 4 heteroatoms. The van der Waals surface area contributed by atoms with Gasteiger partial charge in [0, 0.05) is 18.3 Å². The van der Waals surface area contributed by atoms with Crippen LogP contribution in [0.5, 0.6) is 5.75 Å². The maximum Gasteiger partial charge on any atom is 0.269 e. The van der Waals surface area contributed by atoms with Crippen LogP contribution >= 0.6 is 0 Å². The van der Waals surface area contributed by atoms with Crippen LogP contribution in [-0.4, -0.2) is 11.7 Å². The molecule has 0 amide bonds. The molecule has 0 saturated heterocycles. The van der Waals surface area contributed by atoms with E-state index in [2.05, 4.69) is 0 Å². The van der Waals surface area contributed by atoms with E-state index in [4.69, 9.17) is 4.74 Å². The number of hydrogen-bond acceptors (Lipinski definition) is 3. The zero-order valence-electron chi connectivity index (χ0n) is 10.9. The lowest BCUT2D eigenvalue weighted by Gasteiger charge is -2.08. The molecule has 96 valence electrons. The van der Waals surface area contributed by atoms with Gasteiger partial charge in [-0.25, -0.2) is 0 Å². The monoisotopic (exact) mass is 254 g/mol. The summed E-state index contributed by atoms with van der Waals surface area (Å²) in [5.74, 6) is 0.740. The molecule has 1 aromatic carbocycles. The van der Waals surface area contributed by atoms with E-state index in [1.807, 2.05) is 37.3 Å². The van der Waals surface area contributed by atoms with Crippen LogP contribution in [0.4, 0.5) is 0 Å². The third kappa shape index (κ3) is 2.36. The highest BCUT2D eigenvalue weighted by molar-refractivity contribution is 5.70. The first kappa shape index (κ1) is 12.9. The summed E-state index contributed by atoms with van der Waals surface area (Å²) in [5, 5.41) is 9.19. The van der Waals surface area contributed by atoms with E-state index in [-0.39, 0.29) is 11.1 Å². The molecule has 0 fully saturated rings. The summed E-state index contributed by atoms with van der Waals surface area (Å²) in [6.07, 6.45) is 1.71. The van der Waals surface area contributed by atoms with Crippen LogP contribution in [0.15, 0.2) is 41.3 Å². The number of aryl methyl sites for hydroxylation is 1. The number of rotatable bonds is 3. The van der Waals surface area contributed by atoms with Crippen molar-refractivity contribution in [1.82, 2.24) is 4.57 Å². The van der Waals surface area contributed by atoms with Crippen LogP contribution in [0.2, 0.25) is 0 Å². The lowest BCUT2D eigenvalue weighted by atomic mass is 10.0. The molecule has 1 aromatic heterocycles. The topological polar surface area (TPSA) is 55.0 Å². The van der Waals surface area contributed by atoms with Gasteiger partial charge in [0.1, 0.15) is 17.4 Å². The van der Waals surface area contributed by atoms with Gasteiger partial charge in [0.2, 0.25) is 0 Å². The second-order valence-corrected chi connectivity index (χ2v) is 4.04. The molecule has 19 heavy (non-hydrogen) atoms. The summed E-state index contributed by atoms with van der Waals surface area (Å²) >= 11 is 0. The molecule has 4 nitrogen and oxygen atoms in total. The number of pyridine rings is 1. The minimum Gasteiger partial charge on any atom is -0.497 e. The number of nitriles is 1. The van der Waals surface area contributed by atoms with Gasteiger partial charge in [-0.05, 0) is 30.7 Å². The molecule has 0 radical (unpaired) electrons. The SMILES string of the molecule is CCn1ccc(-c2ccc(OC)cc2)c(C#N)c1=O. The van der Waals surface area contributed by atoms with Crippen molar-refractivity contribution in [2.45, 2.75) is 13.5 Å². The fraction of sp³-hybridized carbons (Fsp3) is 0.200. The Bertz CT molecular complexity index is 679. The number of methoxy groups -OCH3 is 1.